The smallest absolute Gasteiger partial charge is 0.192 e. The Morgan fingerprint density at radius 3 is 2.17 bits per heavy atom. The Hall–Kier alpha value is -0.153. The Labute approximate surface area is 114 Å². The van der Waals surface area contributed by atoms with E-state index in [0.29, 0.717) is 18.1 Å². The molecule has 18 heavy (non-hydrogen) atoms. The first-order valence-electron chi connectivity index (χ1n) is 7.17. The Morgan fingerprint density at radius 1 is 1.17 bits per heavy atom. The molecule has 1 unspecified atom stereocenters. The third kappa shape index (κ3) is 3.67. The molecule has 1 rings (SSSR count). The summed E-state index contributed by atoms with van der Waals surface area (Å²) in [6.45, 7) is 15.7. The highest BCUT2D eigenvalue weighted by Crippen LogP contribution is 2.42. The average Bonchev–Trinajstić information content (AvgIpc) is 2.14. The molecule has 0 amide bonds. The summed E-state index contributed by atoms with van der Waals surface area (Å²) < 4.78 is 6.56. The molecule has 0 bridgehead atoms. The molecule has 0 aromatic rings. The van der Waals surface area contributed by atoms with E-state index in [9.17, 15) is 4.79 Å². The van der Waals surface area contributed by atoms with Gasteiger partial charge in [0.2, 0.25) is 0 Å². The van der Waals surface area contributed by atoms with E-state index in [1.807, 2.05) is 0 Å². The van der Waals surface area contributed by atoms with Crippen LogP contribution in [0, 0.1) is 5.92 Å². The molecule has 0 heterocycles. The van der Waals surface area contributed by atoms with Crippen molar-refractivity contribution in [2.45, 2.75) is 84.0 Å². The van der Waals surface area contributed by atoms with Crippen molar-refractivity contribution in [1.82, 2.24) is 0 Å². The number of Topliss-reactive ketones (excluding diaryl/α,β-unsaturated/α-hetero) is 1. The summed E-state index contributed by atoms with van der Waals surface area (Å²) in [6.07, 6.45) is 3.65. The molecule has 0 radical (unpaired) electrons. The third-order valence-electron chi connectivity index (χ3n) is 4.79. The first-order valence-corrected chi connectivity index (χ1v) is 10.1. The topological polar surface area (TPSA) is 26.3 Å². The van der Waals surface area contributed by atoms with E-state index in [-0.39, 0.29) is 10.6 Å². The molecular weight excluding hydrogens is 240 g/mol. The van der Waals surface area contributed by atoms with Gasteiger partial charge in [0.25, 0.3) is 0 Å². The number of carbonyl (C=O) groups excluding carboxylic acids is 1. The maximum Gasteiger partial charge on any atom is 0.192 e. The van der Waals surface area contributed by atoms with E-state index < -0.39 is 8.32 Å². The van der Waals surface area contributed by atoms with Gasteiger partial charge in [-0.15, -0.1) is 0 Å². The van der Waals surface area contributed by atoms with Gasteiger partial charge < -0.3 is 4.43 Å². The lowest BCUT2D eigenvalue weighted by Crippen LogP contribution is -2.51. The van der Waals surface area contributed by atoms with Crippen LogP contribution in [0.15, 0.2) is 0 Å². The number of ketones is 1. The summed E-state index contributed by atoms with van der Waals surface area (Å²) >= 11 is 0. The fourth-order valence-corrected chi connectivity index (χ4v) is 4.30. The summed E-state index contributed by atoms with van der Waals surface area (Å²) in [7, 11) is -1.76. The van der Waals surface area contributed by atoms with Gasteiger partial charge in [0.05, 0.1) is 5.60 Å². The summed E-state index contributed by atoms with van der Waals surface area (Å²) in [4.78, 5) is 11.6. The minimum absolute atomic E-state index is 0.168. The lowest BCUT2D eigenvalue weighted by Gasteiger charge is -2.46. The van der Waals surface area contributed by atoms with E-state index in [1.54, 1.807) is 0 Å². The molecule has 106 valence electrons. The normalized spacial score (nSPS) is 23.3. The van der Waals surface area contributed by atoms with Crippen LogP contribution in [-0.2, 0) is 9.22 Å². The Morgan fingerprint density at radius 2 is 1.72 bits per heavy atom. The van der Waals surface area contributed by atoms with Gasteiger partial charge in [0.15, 0.2) is 8.32 Å². The average molecular weight is 270 g/mol. The van der Waals surface area contributed by atoms with Gasteiger partial charge >= 0.3 is 0 Å². The zero-order chi connectivity index (χ0) is 14.2. The molecule has 1 fully saturated rings. The standard InChI is InChI=1S/C15H30O2Si/c1-14(2,3)18(6,7)17-15(4,5)12-9-8-10-13(16)11-12/h12H,8-11H2,1-7H3. The third-order valence-corrected chi connectivity index (χ3v) is 9.44. The second-order valence-corrected chi connectivity index (χ2v) is 12.5. The van der Waals surface area contributed by atoms with Crippen LogP contribution in [0.25, 0.3) is 0 Å². The second kappa shape index (κ2) is 5.08. The fourth-order valence-electron chi connectivity index (χ4n) is 2.51. The van der Waals surface area contributed by atoms with Crippen LogP contribution in [0.3, 0.4) is 0 Å². The van der Waals surface area contributed by atoms with Crippen molar-refractivity contribution in [3.63, 3.8) is 0 Å². The van der Waals surface area contributed by atoms with Crippen LogP contribution in [0.2, 0.25) is 18.1 Å². The zero-order valence-corrected chi connectivity index (χ0v) is 14.2. The summed E-state index contributed by atoms with van der Waals surface area (Å²) in [5.41, 5.74) is -0.168. The first kappa shape index (κ1) is 15.9. The highest BCUT2D eigenvalue weighted by Gasteiger charge is 2.44. The van der Waals surface area contributed by atoms with Crippen molar-refractivity contribution in [3.8, 4) is 0 Å². The number of carbonyl (C=O) groups is 1. The maximum absolute atomic E-state index is 11.6. The lowest BCUT2D eigenvalue weighted by molar-refractivity contribution is -0.124. The Kier molecular flexibility index (Phi) is 4.49. The molecule has 0 aromatic heterocycles. The Bertz CT molecular complexity index is 313. The molecule has 1 aliphatic rings. The van der Waals surface area contributed by atoms with Crippen molar-refractivity contribution >= 4 is 14.1 Å². The van der Waals surface area contributed by atoms with Crippen LogP contribution in [0.5, 0.6) is 0 Å². The molecule has 1 saturated carbocycles. The van der Waals surface area contributed by atoms with Gasteiger partial charge in [0.1, 0.15) is 5.78 Å². The van der Waals surface area contributed by atoms with E-state index in [4.69, 9.17) is 4.43 Å². The van der Waals surface area contributed by atoms with Crippen molar-refractivity contribution in [2.24, 2.45) is 5.92 Å². The van der Waals surface area contributed by atoms with E-state index >= 15 is 0 Å². The zero-order valence-electron chi connectivity index (χ0n) is 13.2. The fraction of sp³-hybridized carbons (Fsp3) is 0.933. The van der Waals surface area contributed by atoms with Crippen molar-refractivity contribution in [1.29, 1.82) is 0 Å². The van der Waals surface area contributed by atoms with Gasteiger partial charge in [-0.1, -0.05) is 20.8 Å². The van der Waals surface area contributed by atoms with Crippen LogP contribution < -0.4 is 0 Å². The van der Waals surface area contributed by atoms with Gasteiger partial charge in [-0.05, 0) is 50.7 Å². The largest absolute Gasteiger partial charge is 0.412 e. The quantitative estimate of drug-likeness (QED) is 0.703. The molecule has 3 heteroatoms. The molecule has 2 nitrogen and oxygen atoms in total. The van der Waals surface area contributed by atoms with Gasteiger partial charge in [-0.25, -0.2) is 0 Å². The Balaban J connectivity index is 2.77. The summed E-state index contributed by atoms with van der Waals surface area (Å²) in [5, 5.41) is 0.225. The molecule has 0 spiro atoms. The lowest BCUT2D eigenvalue weighted by atomic mass is 9.78. The van der Waals surface area contributed by atoms with Crippen molar-refractivity contribution < 1.29 is 9.22 Å². The molecule has 0 aromatic carbocycles. The van der Waals surface area contributed by atoms with Crippen molar-refractivity contribution in [2.75, 3.05) is 0 Å². The monoisotopic (exact) mass is 270 g/mol. The van der Waals surface area contributed by atoms with E-state index in [1.165, 1.54) is 0 Å². The minimum Gasteiger partial charge on any atom is -0.412 e. The molecule has 1 atom stereocenters. The van der Waals surface area contributed by atoms with Gasteiger partial charge in [0, 0.05) is 12.8 Å². The highest BCUT2D eigenvalue weighted by atomic mass is 28.4. The predicted molar refractivity (Wildman–Crippen MR) is 79.3 cm³/mol. The van der Waals surface area contributed by atoms with Gasteiger partial charge in [-0.2, -0.15) is 0 Å². The molecule has 0 N–H and O–H groups in total. The first-order chi connectivity index (χ1) is 7.96. The highest BCUT2D eigenvalue weighted by molar-refractivity contribution is 6.74. The summed E-state index contributed by atoms with van der Waals surface area (Å²) in [5.74, 6) is 0.811. The summed E-state index contributed by atoms with van der Waals surface area (Å²) in [6, 6.07) is 0. The predicted octanol–water partition coefficient (Wildman–Crippen LogP) is 4.55. The second-order valence-electron chi connectivity index (χ2n) is 7.80. The SMILES string of the molecule is CC(C)(O[Si](C)(C)C(C)(C)C)C1CCCC(=O)C1. The number of hydrogen-bond donors (Lipinski definition) is 0. The van der Waals surface area contributed by atoms with Crippen LogP contribution in [-0.4, -0.2) is 19.7 Å². The van der Waals surface area contributed by atoms with Crippen LogP contribution >= 0.6 is 0 Å². The molecule has 0 saturated heterocycles. The maximum atomic E-state index is 11.6. The van der Waals surface area contributed by atoms with Gasteiger partial charge in [-0.3, -0.25) is 4.79 Å². The number of rotatable bonds is 3. The number of hydrogen-bond acceptors (Lipinski definition) is 2. The van der Waals surface area contributed by atoms with E-state index in [0.717, 1.165) is 19.3 Å². The van der Waals surface area contributed by atoms with Crippen molar-refractivity contribution in [3.05, 3.63) is 0 Å². The molecule has 1 aliphatic carbocycles. The van der Waals surface area contributed by atoms with E-state index in [2.05, 4.69) is 47.7 Å². The van der Waals surface area contributed by atoms with Crippen LogP contribution in [0.4, 0.5) is 0 Å². The minimum atomic E-state index is -1.76. The van der Waals surface area contributed by atoms with Crippen LogP contribution in [0.1, 0.15) is 60.3 Å². The molecule has 0 aliphatic heterocycles. The molecular formula is C15H30O2Si.